The molecule has 286 valence electrons. The number of hydrogen-bond acceptors (Lipinski definition) is 10. The molecule has 56 heavy (non-hydrogen) atoms. The minimum absolute atomic E-state index is 0.0420. The minimum Gasteiger partial charge on any atom is -0.378 e. The van der Waals surface area contributed by atoms with Crippen molar-refractivity contribution in [1.82, 2.24) is 19.6 Å². The molecule has 2 N–H and O–H groups in total. The van der Waals surface area contributed by atoms with E-state index < -0.39 is 0 Å². The normalized spacial score (nSPS) is 10.6. The number of Topliss-reactive ketones (excluding diaryl/α,β-unsaturated/α-hetero) is 3. The van der Waals surface area contributed by atoms with E-state index in [-0.39, 0.29) is 45.4 Å². The van der Waals surface area contributed by atoms with Crippen LogP contribution in [0.15, 0.2) is 119 Å². The number of nitrogens with one attached hydrogen (secondary N) is 2. The fraction of sp³-hybridized carbons (Fsp3) is 0.205. The average molecular weight is 752 g/mol. The lowest BCUT2D eigenvalue weighted by molar-refractivity contribution is 0.100. The molecule has 0 radical (unpaired) electrons. The molecule has 6 rings (SSSR count). The van der Waals surface area contributed by atoms with Crippen LogP contribution in [0.2, 0.25) is 0 Å². The van der Waals surface area contributed by atoms with Gasteiger partial charge in [-0.1, -0.05) is 60.7 Å². The Morgan fingerprint density at radius 3 is 1.25 bits per heavy atom. The Balaban J connectivity index is 0.000000214. The van der Waals surface area contributed by atoms with E-state index in [4.69, 9.17) is 0 Å². The standard InChI is InChI=1S/C22H24N4O2.C22H21N3O3/c1-5-26-22(28)21(23-17-11-13-18(14-12-17)25(3)4)19(15(2)27)20(24-26)16-9-7-6-8-10-16;1-4-25-22(28)21(23-18-12-10-16(11-13-18)14(2)26)19(15(3)27)20(24-25)17-8-6-5-7-9-17/h6-14,23H,5H2,1-4H3;5-13,23H,4H2,1-3H3. The quantitative estimate of drug-likeness (QED) is 0.118. The van der Waals surface area contributed by atoms with Crippen LogP contribution in [0, 0.1) is 0 Å². The number of aromatic nitrogens is 4. The molecule has 0 fully saturated rings. The highest BCUT2D eigenvalue weighted by Crippen LogP contribution is 2.29. The van der Waals surface area contributed by atoms with Crippen molar-refractivity contribution in [2.75, 3.05) is 29.6 Å². The smallest absolute Gasteiger partial charge is 0.291 e. The van der Waals surface area contributed by atoms with E-state index in [1.54, 1.807) is 24.3 Å². The van der Waals surface area contributed by atoms with Gasteiger partial charge in [-0.2, -0.15) is 10.2 Å². The van der Waals surface area contributed by atoms with Gasteiger partial charge in [0.15, 0.2) is 17.3 Å². The topological polar surface area (TPSA) is 148 Å². The van der Waals surface area contributed by atoms with E-state index in [1.165, 1.54) is 30.1 Å². The summed E-state index contributed by atoms with van der Waals surface area (Å²) in [6.07, 6.45) is 0. The SMILES string of the molecule is CCn1nc(-c2ccccc2)c(C(C)=O)c(Nc2ccc(C(C)=O)cc2)c1=O.CCn1nc(-c2ccccc2)c(C(C)=O)c(Nc2ccc(N(C)C)cc2)c1=O. The summed E-state index contributed by atoms with van der Waals surface area (Å²) in [5, 5.41) is 15.1. The number of nitrogens with zero attached hydrogens (tertiary/aromatic N) is 5. The van der Waals surface area contributed by atoms with E-state index in [0.29, 0.717) is 41.3 Å². The van der Waals surface area contributed by atoms with Gasteiger partial charge in [0, 0.05) is 60.9 Å². The number of hydrogen-bond donors (Lipinski definition) is 2. The highest BCUT2D eigenvalue weighted by molar-refractivity contribution is 6.06. The molecular weight excluding hydrogens is 707 g/mol. The Hall–Kier alpha value is -6.95. The Labute approximate surface area is 325 Å². The zero-order valence-electron chi connectivity index (χ0n) is 32.6. The Morgan fingerprint density at radius 2 is 0.929 bits per heavy atom. The molecule has 0 bridgehead atoms. The highest BCUT2D eigenvalue weighted by Gasteiger charge is 2.23. The monoisotopic (exact) mass is 751 g/mol. The number of aryl methyl sites for hydroxylation is 2. The van der Waals surface area contributed by atoms with Gasteiger partial charge in [0.05, 0.1) is 11.1 Å². The molecular formula is C44H45N7O5. The fourth-order valence-electron chi connectivity index (χ4n) is 6.00. The predicted molar refractivity (Wildman–Crippen MR) is 223 cm³/mol. The molecule has 0 aliphatic carbocycles. The van der Waals surface area contributed by atoms with Crippen LogP contribution in [0.4, 0.5) is 28.4 Å². The lowest BCUT2D eigenvalue weighted by atomic mass is 10.0. The zero-order valence-corrected chi connectivity index (χ0v) is 32.6. The van der Waals surface area contributed by atoms with Crippen molar-refractivity contribution in [3.63, 3.8) is 0 Å². The molecule has 0 aliphatic heterocycles. The summed E-state index contributed by atoms with van der Waals surface area (Å²) in [7, 11) is 3.93. The van der Waals surface area contributed by atoms with E-state index in [1.807, 2.05) is 118 Å². The van der Waals surface area contributed by atoms with Gasteiger partial charge in [0.1, 0.15) is 22.8 Å². The van der Waals surface area contributed by atoms with Gasteiger partial charge in [0.25, 0.3) is 11.1 Å². The second kappa shape index (κ2) is 17.9. The second-order valence-electron chi connectivity index (χ2n) is 13.1. The van der Waals surface area contributed by atoms with Crippen LogP contribution in [0.25, 0.3) is 22.5 Å². The van der Waals surface area contributed by atoms with Crippen molar-refractivity contribution in [2.45, 2.75) is 47.7 Å². The maximum Gasteiger partial charge on any atom is 0.291 e. The summed E-state index contributed by atoms with van der Waals surface area (Å²) in [6, 6.07) is 33.2. The van der Waals surface area contributed by atoms with Crippen LogP contribution < -0.4 is 26.7 Å². The van der Waals surface area contributed by atoms with Crippen molar-refractivity contribution in [1.29, 1.82) is 0 Å². The first-order valence-corrected chi connectivity index (χ1v) is 18.2. The molecule has 12 heteroatoms. The number of anilines is 5. The van der Waals surface area contributed by atoms with Crippen molar-refractivity contribution < 1.29 is 14.4 Å². The van der Waals surface area contributed by atoms with Crippen molar-refractivity contribution in [3.8, 4) is 22.5 Å². The minimum atomic E-state index is -0.372. The third kappa shape index (κ3) is 9.04. The number of carbonyl (C=O) groups is 3. The molecule has 2 aromatic heterocycles. The summed E-state index contributed by atoms with van der Waals surface area (Å²) < 4.78 is 2.71. The molecule has 0 saturated carbocycles. The van der Waals surface area contributed by atoms with E-state index >= 15 is 0 Å². The molecule has 0 aliphatic rings. The molecule has 0 atom stereocenters. The Bertz CT molecular complexity index is 2470. The van der Waals surface area contributed by atoms with Gasteiger partial charge in [0.2, 0.25) is 0 Å². The van der Waals surface area contributed by atoms with E-state index in [2.05, 4.69) is 20.8 Å². The van der Waals surface area contributed by atoms with Gasteiger partial charge in [-0.05, 0) is 83.1 Å². The largest absolute Gasteiger partial charge is 0.378 e. The number of benzene rings is 4. The molecule has 0 amide bonds. The molecule has 0 saturated heterocycles. The third-order valence-electron chi connectivity index (χ3n) is 8.92. The van der Waals surface area contributed by atoms with Crippen molar-refractivity contribution in [3.05, 3.63) is 147 Å². The van der Waals surface area contributed by atoms with Crippen LogP contribution in [0.3, 0.4) is 0 Å². The number of carbonyl (C=O) groups excluding carboxylic acids is 3. The first kappa shape index (κ1) is 40.2. The van der Waals surface area contributed by atoms with Gasteiger partial charge < -0.3 is 15.5 Å². The summed E-state index contributed by atoms with van der Waals surface area (Å²) in [4.78, 5) is 64.3. The van der Waals surface area contributed by atoms with Gasteiger partial charge in [-0.15, -0.1) is 0 Å². The average Bonchev–Trinajstić information content (AvgIpc) is 3.20. The predicted octanol–water partition coefficient (Wildman–Crippen LogP) is 8.02. The molecule has 2 heterocycles. The summed E-state index contributed by atoms with van der Waals surface area (Å²) >= 11 is 0. The first-order chi connectivity index (χ1) is 26.8. The third-order valence-corrected chi connectivity index (χ3v) is 8.92. The molecule has 0 spiro atoms. The summed E-state index contributed by atoms with van der Waals surface area (Å²) in [5.41, 5.74) is 5.76. The highest BCUT2D eigenvalue weighted by atomic mass is 16.2. The van der Waals surface area contributed by atoms with Crippen LogP contribution in [0.5, 0.6) is 0 Å². The number of ketones is 3. The lowest BCUT2D eigenvalue weighted by Crippen LogP contribution is -2.28. The van der Waals surface area contributed by atoms with Gasteiger partial charge >= 0.3 is 0 Å². The number of rotatable bonds is 12. The van der Waals surface area contributed by atoms with Gasteiger partial charge in [-0.3, -0.25) is 24.0 Å². The zero-order chi connectivity index (χ0) is 40.5. The maximum absolute atomic E-state index is 13.0. The van der Waals surface area contributed by atoms with Crippen molar-refractivity contribution in [2.24, 2.45) is 0 Å². The van der Waals surface area contributed by atoms with Crippen LogP contribution in [-0.2, 0) is 13.1 Å². The van der Waals surface area contributed by atoms with Crippen LogP contribution in [0.1, 0.15) is 65.7 Å². The van der Waals surface area contributed by atoms with Crippen LogP contribution in [-0.4, -0.2) is 51.0 Å². The molecule has 6 aromatic rings. The second-order valence-corrected chi connectivity index (χ2v) is 13.1. The Kier molecular flexibility index (Phi) is 12.9. The van der Waals surface area contributed by atoms with E-state index in [9.17, 15) is 24.0 Å². The van der Waals surface area contributed by atoms with Crippen LogP contribution >= 0.6 is 0 Å². The van der Waals surface area contributed by atoms with Crippen molar-refractivity contribution >= 4 is 45.8 Å². The maximum atomic E-state index is 13.0. The lowest BCUT2D eigenvalue weighted by Gasteiger charge is -2.17. The molecule has 12 nitrogen and oxygen atoms in total. The van der Waals surface area contributed by atoms with Gasteiger partial charge in [-0.25, -0.2) is 9.36 Å². The molecule has 0 unspecified atom stereocenters. The Morgan fingerprint density at radius 1 is 0.554 bits per heavy atom. The summed E-state index contributed by atoms with van der Waals surface area (Å²) in [5.74, 6) is -0.506. The van der Waals surface area contributed by atoms with E-state index in [0.717, 1.165) is 22.5 Å². The molecule has 4 aromatic carbocycles. The fourth-order valence-corrected chi connectivity index (χ4v) is 6.00. The summed E-state index contributed by atoms with van der Waals surface area (Å²) in [6.45, 7) is 8.82. The first-order valence-electron chi connectivity index (χ1n) is 18.2.